The Bertz CT molecular complexity index is 508. The van der Waals surface area contributed by atoms with Gasteiger partial charge in [-0.15, -0.1) is 17.8 Å². The van der Waals surface area contributed by atoms with Gasteiger partial charge in [-0.25, -0.2) is 4.98 Å². The second kappa shape index (κ2) is 9.23. The third-order valence-electron chi connectivity index (χ3n) is 2.09. The molecule has 0 fully saturated rings. The highest BCUT2D eigenvalue weighted by Crippen LogP contribution is 2.17. The van der Waals surface area contributed by atoms with E-state index in [0.717, 1.165) is 22.7 Å². The van der Waals surface area contributed by atoms with E-state index >= 15 is 0 Å². The van der Waals surface area contributed by atoms with Crippen molar-refractivity contribution in [1.29, 1.82) is 0 Å². The molecule has 0 unspecified atom stereocenters. The number of nitro groups is 1. The quantitative estimate of drug-likeness (QED) is 0.312. The van der Waals surface area contributed by atoms with Crippen molar-refractivity contribution in [2.75, 3.05) is 18.8 Å². The smallest absolute Gasteiger partial charge is 0.274 e. The SMILES string of the molecule is C#CCNC(=C[N+](=O)[O-])NCCSCc1cnc(C)s1. The molecule has 0 bridgehead atoms. The largest absolute Gasteiger partial charge is 0.366 e. The number of hydrogen-bond donors (Lipinski definition) is 2. The number of aryl methyl sites for hydroxylation is 1. The fraction of sp³-hybridized carbons (Fsp3) is 0.417. The topological polar surface area (TPSA) is 80.1 Å². The molecule has 0 aliphatic heterocycles. The minimum Gasteiger partial charge on any atom is -0.366 e. The zero-order valence-corrected chi connectivity index (χ0v) is 12.7. The molecule has 2 N–H and O–H groups in total. The summed E-state index contributed by atoms with van der Waals surface area (Å²) in [4.78, 5) is 15.3. The van der Waals surface area contributed by atoms with Gasteiger partial charge < -0.3 is 10.6 Å². The molecule has 0 spiro atoms. The molecule has 0 aromatic carbocycles. The third-order valence-corrected chi connectivity index (χ3v) is 4.19. The number of rotatable bonds is 9. The molecule has 1 heterocycles. The lowest BCUT2D eigenvalue weighted by molar-refractivity contribution is -0.404. The van der Waals surface area contributed by atoms with Gasteiger partial charge in [0.1, 0.15) is 0 Å². The first kappa shape index (κ1) is 16.3. The summed E-state index contributed by atoms with van der Waals surface area (Å²) in [6.07, 6.45) is 7.87. The second-order valence-electron chi connectivity index (χ2n) is 3.71. The third kappa shape index (κ3) is 7.01. The van der Waals surface area contributed by atoms with Crippen LogP contribution in [0.25, 0.3) is 0 Å². The highest BCUT2D eigenvalue weighted by molar-refractivity contribution is 7.98. The minimum absolute atomic E-state index is 0.250. The average Bonchev–Trinajstić information content (AvgIpc) is 2.80. The van der Waals surface area contributed by atoms with Crippen molar-refractivity contribution in [2.45, 2.75) is 12.7 Å². The van der Waals surface area contributed by atoms with Gasteiger partial charge in [0.25, 0.3) is 6.20 Å². The predicted molar refractivity (Wildman–Crippen MR) is 82.9 cm³/mol. The predicted octanol–water partition coefficient (Wildman–Crippen LogP) is 1.57. The van der Waals surface area contributed by atoms with Crippen LogP contribution in [-0.4, -0.2) is 28.7 Å². The molecule has 0 amide bonds. The molecule has 0 saturated heterocycles. The van der Waals surface area contributed by atoms with Gasteiger partial charge in [0, 0.05) is 29.1 Å². The van der Waals surface area contributed by atoms with Gasteiger partial charge in [-0.2, -0.15) is 11.8 Å². The number of thioether (sulfide) groups is 1. The fourth-order valence-electron chi connectivity index (χ4n) is 1.31. The van der Waals surface area contributed by atoms with Crippen molar-refractivity contribution >= 4 is 23.1 Å². The standard InChI is InChI=1S/C12H16N4O2S2/c1-3-4-13-12(8-16(17)18)14-5-6-19-9-11-7-15-10(2)20-11/h1,7-8,13-14H,4-6,9H2,2H3. The molecule has 0 saturated carbocycles. The van der Waals surface area contributed by atoms with Crippen molar-refractivity contribution in [3.8, 4) is 12.3 Å². The van der Waals surface area contributed by atoms with Gasteiger partial charge >= 0.3 is 0 Å². The Morgan fingerprint density at radius 3 is 3.10 bits per heavy atom. The lowest BCUT2D eigenvalue weighted by atomic mass is 10.6. The molecule has 0 radical (unpaired) electrons. The van der Waals surface area contributed by atoms with Crippen LogP contribution in [0, 0.1) is 29.4 Å². The van der Waals surface area contributed by atoms with E-state index in [0.29, 0.717) is 12.4 Å². The number of hydrogen-bond acceptors (Lipinski definition) is 7. The molecule has 20 heavy (non-hydrogen) atoms. The summed E-state index contributed by atoms with van der Waals surface area (Å²) < 4.78 is 0. The van der Waals surface area contributed by atoms with Crippen LogP contribution in [0.3, 0.4) is 0 Å². The van der Waals surface area contributed by atoms with Gasteiger partial charge in [0.2, 0.25) is 0 Å². The van der Waals surface area contributed by atoms with Crippen LogP contribution in [0.1, 0.15) is 9.88 Å². The molecule has 6 nitrogen and oxygen atoms in total. The van der Waals surface area contributed by atoms with Gasteiger partial charge in [0.05, 0.1) is 16.5 Å². The first-order chi connectivity index (χ1) is 9.61. The molecular formula is C12H16N4O2S2. The Labute approximate surface area is 126 Å². The van der Waals surface area contributed by atoms with Crippen molar-refractivity contribution in [1.82, 2.24) is 15.6 Å². The first-order valence-corrected chi connectivity index (χ1v) is 7.84. The van der Waals surface area contributed by atoms with Crippen LogP contribution in [0.5, 0.6) is 0 Å². The summed E-state index contributed by atoms with van der Waals surface area (Å²) in [5.74, 6) is 4.45. The summed E-state index contributed by atoms with van der Waals surface area (Å²) in [5, 5.41) is 17.2. The van der Waals surface area contributed by atoms with E-state index in [1.807, 2.05) is 13.1 Å². The molecule has 1 rings (SSSR count). The maximum Gasteiger partial charge on any atom is 0.274 e. The lowest BCUT2D eigenvalue weighted by Gasteiger charge is -2.08. The number of nitrogens with one attached hydrogen (secondary N) is 2. The van der Waals surface area contributed by atoms with E-state index in [1.54, 1.807) is 23.1 Å². The van der Waals surface area contributed by atoms with Gasteiger partial charge in [0.15, 0.2) is 5.82 Å². The monoisotopic (exact) mass is 312 g/mol. The zero-order valence-electron chi connectivity index (χ0n) is 11.1. The first-order valence-electron chi connectivity index (χ1n) is 5.87. The summed E-state index contributed by atoms with van der Waals surface area (Å²) in [6.45, 7) is 2.85. The Morgan fingerprint density at radius 1 is 1.70 bits per heavy atom. The van der Waals surface area contributed by atoms with E-state index in [-0.39, 0.29) is 6.54 Å². The Kier molecular flexibility index (Phi) is 7.54. The van der Waals surface area contributed by atoms with Crippen LogP contribution in [0.15, 0.2) is 18.2 Å². The molecule has 0 atom stereocenters. The zero-order chi connectivity index (χ0) is 14.8. The van der Waals surface area contributed by atoms with E-state index in [4.69, 9.17) is 6.42 Å². The second-order valence-corrected chi connectivity index (χ2v) is 6.14. The summed E-state index contributed by atoms with van der Waals surface area (Å²) in [7, 11) is 0. The summed E-state index contributed by atoms with van der Waals surface area (Å²) in [6, 6.07) is 0. The molecule has 108 valence electrons. The summed E-state index contributed by atoms with van der Waals surface area (Å²) in [5.41, 5.74) is 0. The molecule has 1 aromatic rings. The number of thiazole rings is 1. The average molecular weight is 312 g/mol. The highest BCUT2D eigenvalue weighted by Gasteiger charge is 2.02. The normalized spacial score (nSPS) is 10.9. The molecular weight excluding hydrogens is 296 g/mol. The van der Waals surface area contributed by atoms with Crippen molar-refractivity contribution < 1.29 is 4.92 Å². The van der Waals surface area contributed by atoms with Crippen LogP contribution in [0.4, 0.5) is 0 Å². The molecule has 0 aliphatic carbocycles. The maximum absolute atomic E-state index is 10.4. The van der Waals surface area contributed by atoms with Crippen molar-refractivity contribution in [3.05, 3.63) is 38.2 Å². The Hall–Kier alpha value is -1.72. The van der Waals surface area contributed by atoms with E-state index in [1.165, 1.54) is 4.88 Å². The van der Waals surface area contributed by atoms with Gasteiger partial charge in [-0.1, -0.05) is 5.92 Å². The van der Waals surface area contributed by atoms with E-state index in [2.05, 4.69) is 21.5 Å². The van der Waals surface area contributed by atoms with E-state index < -0.39 is 4.92 Å². The van der Waals surface area contributed by atoms with Crippen molar-refractivity contribution in [2.24, 2.45) is 0 Å². The Morgan fingerprint density at radius 2 is 2.50 bits per heavy atom. The lowest BCUT2D eigenvalue weighted by Crippen LogP contribution is -2.29. The fourth-order valence-corrected chi connectivity index (χ4v) is 3.05. The van der Waals surface area contributed by atoms with Crippen molar-refractivity contribution in [3.63, 3.8) is 0 Å². The molecule has 0 aliphatic rings. The Balaban J connectivity index is 2.23. The van der Waals surface area contributed by atoms with Gasteiger partial charge in [-0.05, 0) is 6.92 Å². The highest BCUT2D eigenvalue weighted by atomic mass is 32.2. The van der Waals surface area contributed by atoms with Crippen LogP contribution >= 0.6 is 23.1 Å². The number of aromatic nitrogens is 1. The minimum atomic E-state index is -0.515. The van der Waals surface area contributed by atoms with E-state index in [9.17, 15) is 10.1 Å². The summed E-state index contributed by atoms with van der Waals surface area (Å²) >= 11 is 3.43. The van der Waals surface area contributed by atoms with Gasteiger partial charge in [-0.3, -0.25) is 10.1 Å². The van der Waals surface area contributed by atoms with Crippen LogP contribution in [-0.2, 0) is 5.75 Å². The molecule has 8 heteroatoms. The van der Waals surface area contributed by atoms with Crippen LogP contribution in [0.2, 0.25) is 0 Å². The maximum atomic E-state index is 10.4. The number of nitrogens with zero attached hydrogens (tertiary/aromatic N) is 2. The van der Waals surface area contributed by atoms with Crippen LogP contribution < -0.4 is 10.6 Å². The number of terminal acetylenes is 1. The molecule has 1 aromatic heterocycles.